The number of ether oxygens (including phenoxy) is 1. The molecule has 0 aliphatic carbocycles. The minimum atomic E-state index is -4.51. The van der Waals surface area contributed by atoms with Crippen LogP contribution in [-0.4, -0.2) is 23.9 Å². The molecule has 0 fully saturated rings. The maximum Gasteiger partial charge on any atom is 0.422 e. The monoisotopic (exact) mass is 234 g/mol. The number of amides is 1. The number of rotatable bonds is 3. The summed E-state index contributed by atoms with van der Waals surface area (Å²) in [6, 6.07) is 3.33. The molecular weight excluding hydrogens is 225 g/mol. The van der Waals surface area contributed by atoms with Crippen molar-refractivity contribution in [2.75, 3.05) is 6.61 Å². The van der Waals surface area contributed by atoms with Crippen LogP contribution in [0.2, 0.25) is 0 Å². The largest absolute Gasteiger partial charge is 0.440 e. The van der Waals surface area contributed by atoms with Crippen LogP contribution in [0.4, 0.5) is 18.0 Å². The Hall–Kier alpha value is -1.79. The van der Waals surface area contributed by atoms with Crippen LogP contribution in [0.3, 0.4) is 0 Å². The molecule has 7 heteroatoms. The highest BCUT2D eigenvalue weighted by atomic mass is 19.4. The third-order valence-corrected chi connectivity index (χ3v) is 1.53. The van der Waals surface area contributed by atoms with E-state index in [0.29, 0.717) is 5.56 Å². The second-order valence-electron chi connectivity index (χ2n) is 2.91. The van der Waals surface area contributed by atoms with Gasteiger partial charge in [0.2, 0.25) is 0 Å². The Morgan fingerprint density at radius 1 is 1.50 bits per heavy atom. The van der Waals surface area contributed by atoms with Crippen LogP contribution in [0, 0.1) is 0 Å². The standard InChI is InChI=1S/C9H9F3N2O2/c10-9(11,12)6-16-8(15)14-5-7-2-1-3-13-4-7/h1-4H,5-6H2,(H,14,15). The van der Waals surface area contributed by atoms with Crippen molar-refractivity contribution in [3.8, 4) is 0 Å². The Labute approximate surface area is 89.4 Å². The Morgan fingerprint density at radius 2 is 2.25 bits per heavy atom. The molecular formula is C9H9F3N2O2. The fourth-order valence-corrected chi connectivity index (χ4v) is 0.875. The molecule has 1 N–H and O–H groups in total. The van der Waals surface area contributed by atoms with Gasteiger partial charge in [-0.15, -0.1) is 0 Å². The zero-order valence-electron chi connectivity index (χ0n) is 8.12. The maximum atomic E-state index is 11.7. The molecule has 0 aromatic carbocycles. The van der Waals surface area contributed by atoms with Gasteiger partial charge in [-0.2, -0.15) is 13.2 Å². The number of hydrogen-bond donors (Lipinski definition) is 1. The van der Waals surface area contributed by atoms with Gasteiger partial charge in [0.25, 0.3) is 0 Å². The first-order valence-corrected chi connectivity index (χ1v) is 4.33. The van der Waals surface area contributed by atoms with Crippen molar-refractivity contribution in [1.82, 2.24) is 10.3 Å². The molecule has 88 valence electrons. The predicted octanol–water partition coefficient (Wildman–Crippen LogP) is 1.87. The molecule has 1 rings (SSSR count). The normalized spacial score (nSPS) is 10.9. The lowest BCUT2D eigenvalue weighted by molar-refractivity contribution is -0.160. The van der Waals surface area contributed by atoms with Gasteiger partial charge < -0.3 is 10.1 Å². The minimum absolute atomic E-state index is 0.0739. The molecule has 0 radical (unpaired) electrons. The van der Waals surface area contributed by atoms with Gasteiger partial charge in [0.05, 0.1) is 0 Å². The van der Waals surface area contributed by atoms with E-state index in [9.17, 15) is 18.0 Å². The molecule has 4 nitrogen and oxygen atoms in total. The number of carbonyl (C=O) groups excluding carboxylic acids is 1. The summed E-state index contributed by atoms with van der Waals surface area (Å²) in [5.74, 6) is 0. The molecule has 1 aromatic rings. The fourth-order valence-electron chi connectivity index (χ4n) is 0.875. The second kappa shape index (κ2) is 5.34. The van der Waals surface area contributed by atoms with Crippen LogP contribution >= 0.6 is 0 Å². The van der Waals surface area contributed by atoms with Gasteiger partial charge in [-0.05, 0) is 11.6 Å². The number of halogens is 3. The molecule has 0 aliphatic rings. The van der Waals surface area contributed by atoms with E-state index in [0.717, 1.165) is 0 Å². The van der Waals surface area contributed by atoms with Gasteiger partial charge in [-0.1, -0.05) is 6.07 Å². The van der Waals surface area contributed by atoms with Gasteiger partial charge in [-0.25, -0.2) is 4.79 Å². The van der Waals surface area contributed by atoms with Crippen LogP contribution in [0.25, 0.3) is 0 Å². The number of nitrogens with one attached hydrogen (secondary N) is 1. The zero-order valence-corrected chi connectivity index (χ0v) is 8.12. The molecule has 0 saturated heterocycles. The van der Waals surface area contributed by atoms with Crippen molar-refractivity contribution in [1.29, 1.82) is 0 Å². The summed E-state index contributed by atoms with van der Waals surface area (Å²) in [6.07, 6.45) is -2.58. The van der Waals surface area contributed by atoms with Gasteiger partial charge in [0, 0.05) is 18.9 Å². The Kier molecular flexibility index (Phi) is 4.10. The molecule has 0 saturated carbocycles. The van der Waals surface area contributed by atoms with Crippen LogP contribution in [0.5, 0.6) is 0 Å². The first-order valence-electron chi connectivity index (χ1n) is 4.33. The topological polar surface area (TPSA) is 51.2 Å². The van der Waals surface area contributed by atoms with Gasteiger partial charge in [0.1, 0.15) is 0 Å². The molecule has 0 unspecified atom stereocenters. The van der Waals surface area contributed by atoms with Crippen molar-refractivity contribution < 1.29 is 22.7 Å². The van der Waals surface area contributed by atoms with Crippen molar-refractivity contribution in [3.05, 3.63) is 30.1 Å². The summed E-state index contributed by atoms with van der Waals surface area (Å²) in [6.45, 7) is -1.52. The average Bonchev–Trinajstić information content (AvgIpc) is 2.24. The number of alkyl carbamates (subject to hydrolysis) is 1. The van der Waals surface area contributed by atoms with Gasteiger partial charge >= 0.3 is 12.3 Å². The number of alkyl halides is 3. The van der Waals surface area contributed by atoms with E-state index in [1.54, 1.807) is 18.3 Å². The van der Waals surface area contributed by atoms with Crippen LogP contribution in [0.15, 0.2) is 24.5 Å². The predicted molar refractivity (Wildman–Crippen MR) is 48.5 cm³/mol. The molecule has 1 amide bonds. The SMILES string of the molecule is O=C(NCc1cccnc1)OCC(F)(F)F. The lowest BCUT2D eigenvalue weighted by Gasteiger charge is -2.08. The number of hydrogen-bond acceptors (Lipinski definition) is 3. The number of nitrogens with zero attached hydrogens (tertiary/aromatic N) is 1. The fraction of sp³-hybridized carbons (Fsp3) is 0.333. The Morgan fingerprint density at radius 3 is 2.81 bits per heavy atom. The summed E-state index contributed by atoms with van der Waals surface area (Å²) < 4.78 is 38.9. The third-order valence-electron chi connectivity index (χ3n) is 1.53. The van der Waals surface area contributed by atoms with Crippen molar-refractivity contribution >= 4 is 6.09 Å². The van der Waals surface area contributed by atoms with Gasteiger partial charge in [-0.3, -0.25) is 4.98 Å². The average molecular weight is 234 g/mol. The molecule has 0 bridgehead atoms. The number of carbonyl (C=O) groups is 1. The van der Waals surface area contributed by atoms with E-state index in [-0.39, 0.29) is 6.54 Å². The lowest BCUT2D eigenvalue weighted by atomic mass is 10.3. The summed E-state index contributed by atoms with van der Waals surface area (Å²) in [4.78, 5) is 14.6. The first kappa shape index (κ1) is 12.3. The smallest absolute Gasteiger partial charge is 0.422 e. The molecule has 0 aliphatic heterocycles. The van der Waals surface area contributed by atoms with E-state index < -0.39 is 18.9 Å². The van der Waals surface area contributed by atoms with Crippen molar-refractivity contribution in [2.24, 2.45) is 0 Å². The van der Waals surface area contributed by atoms with E-state index in [1.165, 1.54) is 6.20 Å². The maximum absolute atomic E-state index is 11.7. The lowest BCUT2D eigenvalue weighted by Crippen LogP contribution is -2.28. The van der Waals surface area contributed by atoms with Crippen LogP contribution in [-0.2, 0) is 11.3 Å². The quantitative estimate of drug-likeness (QED) is 0.868. The Balaban J connectivity index is 2.26. The number of pyridine rings is 1. The summed E-state index contributed by atoms with van der Waals surface area (Å²) in [7, 11) is 0. The van der Waals surface area contributed by atoms with E-state index in [4.69, 9.17) is 0 Å². The van der Waals surface area contributed by atoms with Crippen molar-refractivity contribution in [3.63, 3.8) is 0 Å². The van der Waals surface area contributed by atoms with Crippen LogP contribution < -0.4 is 5.32 Å². The van der Waals surface area contributed by atoms with Crippen LogP contribution in [0.1, 0.15) is 5.56 Å². The third kappa shape index (κ3) is 5.18. The highest BCUT2D eigenvalue weighted by Gasteiger charge is 2.29. The molecule has 16 heavy (non-hydrogen) atoms. The summed E-state index contributed by atoms with van der Waals surface area (Å²) in [5.41, 5.74) is 0.673. The number of aromatic nitrogens is 1. The molecule has 0 atom stereocenters. The highest BCUT2D eigenvalue weighted by Crippen LogP contribution is 2.14. The summed E-state index contributed by atoms with van der Waals surface area (Å²) in [5, 5.41) is 2.17. The summed E-state index contributed by atoms with van der Waals surface area (Å²) >= 11 is 0. The van der Waals surface area contributed by atoms with Crippen molar-refractivity contribution in [2.45, 2.75) is 12.7 Å². The highest BCUT2D eigenvalue weighted by molar-refractivity contribution is 5.67. The zero-order chi connectivity index (χ0) is 12.0. The second-order valence-corrected chi connectivity index (χ2v) is 2.91. The first-order chi connectivity index (χ1) is 7.47. The van der Waals surface area contributed by atoms with E-state index in [2.05, 4.69) is 15.0 Å². The minimum Gasteiger partial charge on any atom is -0.440 e. The van der Waals surface area contributed by atoms with E-state index >= 15 is 0 Å². The van der Waals surface area contributed by atoms with Gasteiger partial charge in [0.15, 0.2) is 6.61 Å². The van der Waals surface area contributed by atoms with E-state index in [1.807, 2.05) is 0 Å². The molecule has 1 aromatic heterocycles. The molecule has 1 heterocycles. The molecule has 0 spiro atoms. The Bertz CT molecular complexity index is 340.